The maximum atomic E-state index is 6.14. The molecule has 1 aromatic heterocycles. The van der Waals surface area contributed by atoms with Crippen molar-refractivity contribution in [2.75, 3.05) is 19.0 Å². The molecule has 0 aliphatic rings. The summed E-state index contributed by atoms with van der Waals surface area (Å²) >= 11 is 0. The molecule has 4 aromatic carbocycles. The Morgan fingerprint density at radius 1 is 0.731 bits per heavy atom. The molecule has 0 radical (unpaired) electrons. The van der Waals surface area contributed by atoms with Gasteiger partial charge >= 0.3 is 0 Å². The van der Waals surface area contributed by atoms with Crippen molar-refractivity contribution in [3.05, 3.63) is 66.7 Å². The third kappa shape index (κ3) is 2.21. The monoisotopic (exact) mass is 359 g/mol. The van der Waals surface area contributed by atoms with Crippen molar-refractivity contribution in [2.45, 2.75) is 0 Å². The number of nitrogens with zero attached hydrogens (tertiary/aromatic N) is 1. The van der Waals surface area contributed by atoms with Gasteiger partial charge < -0.3 is 13.3 Å². The standard InChI is InChI=1S/C22H18NO2P/c1-23(2)18-13-15-8-4-6-10-17(15)21-20-16-9-5-3-7-14(16)11-12-19(20)24-26-25-22(18)21/h3-13,26H,1-2H3. The van der Waals surface area contributed by atoms with Crippen LogP contribution in [-0.4, -0.2) is 14.1 Å². The molecule has 128 valence electrons. The van der Waals surface area contributed by atoms with Gasteiger partial charge in [-0.25, -0.2) is 0 Å². The molecule has 5 rings (SSSR count). The van der Waals surface area contributed by atoms with Crippen molar-refractivity contribution in [1.29, 1.82) is 0 Å². The van der Waals surface area contributed by atoms with Crippen LogP contribution in [0.25, 0.3) is 43.5 Å². The Morgan fingerprint density at radius 2 is 1.42 bits per heavy atom. The zero-order valence-corrected chi connectivity index (χ0v) is 15.6. The van der Waals surface area contributed by atoms with Gasteiger partial charge in [-0.2, -0.15) is 0 Å². The molecule has 4 heteroatoms. The lowest BCUT2D eigenvalue weighted by Crippen LogP contribution is -2.08. The Morgan fingerprint density at radius 3 is 2.19 bits per heavy atom. The van der Waals surface area contributed by atoms with Crippen LogP contribution in [0.15, 0.2) is 75.1 Å². The van der Waals surface area contributed by atoms with E-state index >= 15 is 0 Å². The summed E-state index contributed by atoms with van der Waals surface area (Å²) in [6.45, 7) is 0. The van der Waals surface area contributed by atoms with E-state index in [4.69, 9.17) is 8.39 Å². The van der Waals surface area contributed by atoms with Gasteiger partial charge in [-0.3, -0.25) is 0 Å². The molecule has 1 heterocycles. The number of hydrogen-bond donors (Lipinski definition) is 0. The van der Waals surface area contributed by atoms with Crippen molar-refractivity contribution in [3.8, 4) is 0 Å². The van der Waals surface area contributed by atoms with Crippen LogP contribution in [0.1, 0.15) is 0 Å². The molecule has 0 aliphatic heterocycles. The van der Waals surface area contributed by atoms with E-state index in [0.717, 1.165) is 27.6 Å². The molecule has 0 spiro atoms. The topological polar surface area (TPSA) is 29.5 Å². The Balaban J connectivity index is 2.21. The molecule has 1 atom stereocenters. The van der Waals surface area contributed by atoms with E-state index in [1.165, 1.54) is 21.5 Å². The summed E-state index contributed by atoms with van der Waals surface area (Å²) < 4.78 is 12.2. The van der Waals surface area contributed by atoms with Crippen molar-refractivity contribution in [3.63, 3.8) is 0 Å². The maximum absolute atomic E-state index is 6.14. The molecule has 5 aromatic rings. The van der Waals surface area contributed by atoms with Gasteiger partial charge in [0.05, 0.1) is 5.69 Å². The highest BCUT2D eigenvalue weighted by atomic mass is 31.1. The van der Waals surface area contributed by atoms with E-state index in [0.29, 0.717) is 0 Å². The maximum Gasteiger partial charge on any atom is 0.201 e. The second kappa shape index (κ2) is 5.82. The number of fused-ring (bicyclic) bond motifs is 7. The second-order valence-electron chi connectivity index (χ2n) is 6.66. The quantitative estimate of drug-likeness (QED) is 0.333. The fourth-order valence-electron chi connectivity index (χ4n) is 3.70. The van der Waals surface area contributed by atoms with Gasteiger partial charge in [-0.1, -0.05) is 54.6 Å². The van der Waals surface area contributed by atoms with Gasteiger partial charge in [0, 0.05) is 24.9 Å². The van der Waals surface area contributed by atoms with Gasteiger partial charge in [0.2, 0.25) is 8.67 Å². The van der Waals surface area contributed by atoms with Gasteiger partial charge in [0.1, 0.15) is 5.58 Å². The predicted octanol–water partition coefficient (Wildman–Crippen LogP) is 6.71. The Bertz CT molecular complexity index is 1320. The van der Waals surface area contributed by atoms with Crippen LogP contribution in [0.4, 0.5) is 5.69 Å². The van der Waals surface area contributed by atoms with Crippen LogP contribution in [0.3, 0.4) is 0 Å². The average molecular weight is 359 g/mol. The highest BCUT2D eigenvalue weighted by molar-refractivity contribution is 7.15. The highest BCUT2D eigenvalue weighted by Gasteiger charge is 2.15. The van der Waals surface area contributed by atoms with E-state index in [-0.39, 0.29) is 8.67 Å². The van der Waals surface area contributed by atoms with E-state index in [1.807, 2.05) is 14.1 Å². The summed E-state index contributed by atoms with van der Waals surface area (Å²) in [7, 11) is 4.03. The van der Waals surface area contributed by atoms with Crippen molar-refractivity contribution in [2.24, 2.45) is 0 Å². The van der Waals surface area contributed by atoms with Gasteiger partial charge in [-0.05, 0) is 33.7 Å². The van der Waals surface area contributed by atoms with Crippen LogP contribution < -0.4 is 4.90 Å². The molecule has 0 N–H and O–H groups in total. The molecular formula is C22H18NO2P. The Hall–Kier alpha value is -2.90. The third-order valence-electron chi connectivity index (χ3n) is 4.90. The first kappa shape index (κ1) is 15.4. The van der Waals surface area contributed by atoms with Gasteiger partial charge in [-0.15, -0.1) is 0 Å². The van der Waals surface area contributed by atoms with E-state index in [9.17, 15) is 0 Å². The lowest BCUT2D eigenvalue weighted by Gasteiger charge is -2.15. The van der Waals surface area contributed by atoms with E-state index in [2.05, 4.69) is 71.6 Å². The second-order valence-corrected chi connectivity index (χ2v) is 7.24. The molecule has 0 saturated carbocycles. The third-order valence-corrected chi connectivity index (χ3v) is 5.49. The minimum Gasteiger partial charge on any atom is -0.421 e. The molecule has 0 fully saturated rings. The van der Waals surface area contributed by atoms with Crippen LogP contribution in [-0.2, 0) is 0 Å². The van der Waals surface area contributed by atoms with Gasteiger partial charge in [0.15, 0.2) is 5.58 Å². The molecule has 0 bridgehead atoms. The molecule has 0 amide bonds. The number of hydrogen-bond acceptors (Lipinski definition) is 3. The first-order valence-corrected chi connectivity index (χ1v) is 9.39. The number of rotatable bonds is 1. The van der Waals surface area contributed by atoms with Gasteiger partial charge in [0.25, 0.3) is 0 Å². The molecular weight excluding hydrogens is 341 g/mol. The van der Waals surface area contributed by atoms with Crippen LogP contribution in [0.2, 0.25) is 0 Å². The zero-order valence-electron chi connectivity index (χ0n) is 14.6. The largest absolute Gasteiger partial charge is 0.421 e. The highest BCUT2D eigenvalue weighted by Crippen LogP contribution is 2.40. The SMILES string of the molecule is CN(C)c1cc2ccccc2c2c1o[pH]oc1ccc3ccccc3c12. The summed E-state index contributed by atoms with van der Waals surface area (Å²) in [5.41, 5.74) is 2.83. The van der Waals surface area contributed by atoms with E-state index in [1.54, 1.807) is 0 Å². The van der Waals surface area contributed by atoms with Crippen LogP contribution in [0.5, 0.6) is 0 Å². The van der Waals surface area contributed by atoms with Crippen molar-refractivity contribution < 1.29 is 8.39 Å². The average Bonchev–Trinajstić information content (AvgIpc) is 2.87. The normalized spacial score (nSPS) is 11.8. The Kier molecular flexibility index (Phi) is 3.44. The summed E-state index contributed by atoms with van der Waals surface area (Å²) in [5.74, 6) is 0. The first-order chi connectivity index (χ1) is 12.7. The Labute approximate surface area is 152 Å². The summed E-state index contributed by atoms with van der Waals surface area (Å²) in [6.07, 6.45) is 0. The lowest BCUT2D eigenvalue weighted by atomic mass is 9.98. The smallest absolute Gasteiger partial charge is 0.201 e. The summed E-state index contributed by atoms with van der Waals surface area (Å²) in [5, 5.41) is 6.99. The minimum atomic E-state index is -0.0665. The fourth-order valence-corrected chi connectivity index (χ4v) is 4.29. The lowest BCUT2D eigenvalue weighted by molar-refractivity contribution is 0.662. The van der Waals surface area contributed by atoms with Crippen molar-refractivity contribution >= 4 is 57.8 Å². The van der Waals surface area contributed by atoms with Crippen molar-refractivity contribution in [1.82, 2.24) is 0 Å². The predicted molar refractivity (Wildman–Crippen MR) is 112 cm³/mol. The molecule has 0 aliphatic carbocycles. The van der Waals surface area contributed by atoms with E-state index < -0.39 is 0 Å². The number of anilines is 1. The first-order valence-electron chi connectivity index (χ1n) is 8.58. The van der Waals surface area contributed by atoms with Crippen LogP contribution in [0, 0.1) is 0 Å². The zero-order chi connectivity index (χ0) is 17.7. The fraction of sp³-hybridized carbons (Fsp3) is 0.0909. The number of benzene rings is 4. The summed E-state index contributed by atoms with van der Waals surface area (Å²) in [6, 6.07) is 23.3. The molecule has 1 unspecified atom stereocenters. The molecule has 26 heavy (non-hydrogen) atoms. The minimum absolute atomic E-state index is 0.0665. The van der Waals surface area contributed by atoms with Crippen LogP contribution >= 0.6 is 8.67 Å². The summed E-state index contributed by atoms with van der Waals surface area (Å²) in [4.78, 5) is 2.10. The molecule has 0 saturated heterocycles. The molecule has 3 nitrogen and oxygen atoms in total.